The van der Waals surface area contributed by atoms with Crippen LogP contribution in [0.25, 0.3) is 0 Å². The maximum absolute atomic E-state index is 13.0. The molecule has 2 bridgehead atoms. The number of aromatic hydroxyl groups is 2. The van der Waals surface area contributed by atoms with Crippen LogP contribution in [-0.2, 0) is 22.5 Å². The number of hydrogen-bond donors (Lipinski definition) is 8. The van der Waals surface area contributed by atoms with Gasteiger partial charge in [0, 0.05) is 67.6 Å². The molecule has 14 atom stereocenters. The SMILES string of the molecule is CCOCCC1CCC2=CC3C(CC2N1)CC1(CCCC1)C1C(O)CCC2(O)CCC(CCOc4ccc(C5CCC6C(O)CC(c7c(CO)c(O)c(O)c(OC)c7Cc7cc[nH]c7)OC6C5)cc4C31)C2. The van der Waals surface area contributed by atoms with Crippen molar-refractivity contribution in [3.05, 3.63) is 81.7 Å². The minimum Gasteiger partial charge on any atom is -0.504 e. The van der Waals surface area contributed by atoms with Crippen LogP contribution in [0.1, 0.15) is 180 Å². The minimum atomic E-state index is -0.729. The van der Waals surface area contributed by atoms with Crippen LogP contribution < -0.4 is 14.8 Å². The number of methoxy groups -OCH3 is 1. The molecule has 5 aliphatic carbocycles. The molecule has 11 rings (SSSR count). The highest BCUT2D eigenvalue weighted by atomic mass is 16.5. The number of aliphatic hydroxyl groups is 4. The van der Waals surface area contributed by atoms with Gasteiger partial charge in [0.1, 0.15) is 5.75 Å². The van der Waals surface area contributed by atoms with Crippen molar-refractivity contribution in [1.29, 1.82) is 0 Å². The molecule has 388 valence electrons. The number of fused-ring (bicyclic) bond motifs is 10. The topological polar surface area (TPSA) is 186 Å². The van der Waals surface area contributed by atoms with Gasteiger partial charge in [-0.2, -0.15) is 0 Å². The van der Waals surface area contributed by atoms with E-state index in [1.54, 1.807) is 0 Å². The minimum absolute atomic E-state index is 0.00573. The Labute approximate surface area is 420 Å². The Morgan fingerprint density at radius 3 is 2.52 bits per heavy atom. The summed E-state index contributed by atoms with van der Waals surface area (Å²) in [5.74, 6) is 1.49. The molecule has 12 heteroatoms. The maximum Gasteiger partial charge on any atom is 0.201 e. The number of phenolic OH excluding ortho intramolecular Hbond substituents is 1. The quantitative estimate of drug-likeness (QED) is 0.0550. The van der Waals surface area contributed by atoms with Gasteiger partial charge in [0.25, 0.3) is 0 Å². The van der Waals surface area contributed by atoms with E-state index in [9.17, 15) is 30.6 Å². The van der Waals surface area contributed by atoms with E-state index >= 15 is 0 Å². The highest BCUT2D eigenvalue weighted by Crippen LogP contribution is 2.65. The number of H-pyrrole nitrogens is 1. The summed E-state index contributed by atoms with van der Waals surface area (Å²) in [6, 6.07) is 9.76. The third-order valence-electron chi connectivity index (χ3n) is 19.9. The van der Waals surface area contributed by atoms with Gasteiger partial charge in [-0.3, -0.25) is 0 Å². The highest BCUT2D eigenvalue weighted by molar-refractivity contribution is 5.64. The molecular formula is C59H82N2O10. The lowest BCUT2D eigenvalue weighted by molar-refractivity contribution is -0.154. The second-order valence-electron chi connectivity index (χ2n) is 23.7. The second kappa shape index (κ2) is 20.6. The van der Waals surface area contributed by atoms with E-state index < -0.39 is 42.0 Å². The third-order valence-corrected chi connectivity index (χ3v) is 19.9. The fourth-order valence-corrected chi connectivity index (χ4v) is 16.6. The van der Waals surface area contributed by atoms with E-state index in [4.69, 9.17) is 18.9 Å². The molecule has 0 amide bonds. The number of nitrogens with one attached hydrogen (secondary N) is 2. The van der Waals surface area contributed by atoms with Crippen molar-refractivity contribution in [2.75, 3.05) is 26.9 Å². The lowest BCUT2D eigenvalue weighted by atomic mass is 9.48. The lowest BCUT2D eigenvalue weighted by Crippen LogP contribution is -2.54. The number of ether oxygens (including phenoxy) is 4. The molecule has 1 spiro atoms. The van der Waals surface area contributed by atoms with Crippen LogP contribution >= 0.6 is 0 Å². The lowest BCUT2D eigenvalue weighted by Gasteiger charge is -2.57. The molecule has 14 unspecified atom stereocenters. The molecule has 6 fully saturated rings. The first-order valence-electron chi connectivity index (χ1n) is 27.9. The monoisotopic (exact) mass is 979 g/mol. The smallest absolute Gasteiger partial charge is 0.201 e. The van der Waals surface area contributed by atoms with Crippen LogP contribution in [0.2, 0.25) is 0 Å². The fourth-order valence-electron chi connectivity index (χ4n) is 16.6. The van der Waals surface area contributed by atoms with Crippen LogP contribution in [0.3, 0.4) is 0 Å². The number of hydrogen-bond acceptors (Lipinski definition) is 11. The fraction of sp³-hybridized carbons (Fsp3) is 0.695. The van der Waals surface area contributed by atoms with Crippen LogP contribution in [-0.4, -0.2) is 98.6 Å². The Morgan fingerprint density at radius 2 is 1.73 bits per heavy atom. The average Bonchev–Trinajstić information content (AvgIpc) is 4.16. The zero-order chi connectivity index (χ0) is 49.0. The van der Waals surface area contributed by atoms with E-state index in [0.29, 0.717) is 67.3 Å². The summed E-state index contributed by atoms with van der Waals surface area (Å²) in [5, 5.41) is 74.3. The number of benzene rings is 2. The van der Waals surface area contributed by atoms with E-state index in [1.165, 1.54) is 36.7 Å². The predicted molar refractivity (Wildman–Crippen MR) is 271 cm³/mol. The van der Waals surface area contributed by atoms with Gasteiger partial charge in [0.15, 0.2) is 11.5 Å². The highest BCUT2D eigenvalue weighted by Gasteiger charge is 2.58. The van der Waals surface area contributed by atoms with Crippen molar-refractivity contribution in [3.63, 3.8) is 0 Å². The summed E-state index contributed by atoms with van der Waals surface area (Å²) in [6.07, 6.45) is 22.1. The van der Waals surface area contributed by atoms with Crippen molar-refractivity contribution in [2.45, 2.75) is 196 Å². The van der Waals surface area contributed by atoms with Gasteiger partial charge in [-0.1, -0.05) is 36.6 Å². The number of allylic oxidation sites excluding steroid dienone is 1. The molecular weight excluding hydrogens is 897 g/mol. The van der Waals surface area contributed by atoms with Crippen LogP contribution in [0, 0.1) is 35.0 Å². The Kier molecular flexibility index (Phi) is 14.4. The molecule has 2 saturated heterocycles. The first-order valence-corrected chi connectivity index (χ1v) is 27.9. The average molecular weight is 979 g/mol. The number of aliphatic hydroxyl groups excluding tert-OH is 3. The normalized spacial score (nSPS) is 36.6. The maximum atomic E-state index is 13.0. The number of rotatable bonds is 10. The van der Waals surface area contributed by atoms with E-state index in [1.807, 2.05) is 18.5 Å². The zero-order valence-electron chi connectivity index (χ0n) is 42.3. The molecule has 3 aromatic rings. The number of aromatic amines is 1. The molecule has 12 nitrogen and oxygen atoms in total. The number of aromatic nitrogens is 1. The van der Waals surface area contributed by atoms with Crippen LogP contribution in [0.4, 0.5) is 0 Å². The first kappa shape index (κ1) is 49.6. The predicted octanol–water partition coefficient (Wildman–Crippen LogP) is 9.52. The van der Waals surface area contributed by atoms with Gasteiger partial charge in [-0.15, -0.1) is 0 Å². The first-order chi connectivity index (χ1) is 34.5. The summed E-state index contributed by atoms with van der Waals surface area (Å²) in [6.45, 7) is 3.69. The van der Waals surface area contributed by atoms with E-state index in [-0.39, 0.29) is 58.8 Å². The van der Waals surface area contributed by atoms with Gasteiger partial charge in [0.05, 0.1) is 50.3 Å². The standard InChI is InChI=1S/C59H82N2O10/c1-3-69-22-16-40-9-6-38-26-42-39(27-46(38)61-40)31-58(17-4-5-18-58)54-47(63)13-20-59(67)19-12-34(30-59)15-23-70-49-11-8-36(25-43(49)53(42)54)37-7-10-41-48(64)29-51(71-50(41)28-37)52-44(24-35-14-21-60-32-35)57(68-2)56(66)55(65)45(52)33-62/h8,11,14,21,25-26,32,34,37,39-42,46-48,50-51,53-54,60-67H,3-7,9-10,12-13,15-20,22-24,27-31,33H2,1-2H3. The van der Waals surface area contributed by atoms with Crippen molar-refractivity contribution in [2.24, 2.45) is 35.0 Å². The van der Waals surface area contributed by atoms with E-state index in [2.05, 4.69) is 41.5 Å². The molecule has 8 N–H and O–H groups in total. The van der Waals surface area contributed by atoms with Crippen molar-refractivity contribution >= 4 is 0 Å². The van der Waals surface area contributed by atoms with Gasteiger partial charge in [0.2, 0.25) is 5.75 Å². The van der Waals surface area contributed by atoms with E-state index in [0.717, 1.165) is 108 Å². The summed E-state index contributed by atoms with van der Waals surface area (Å²) in [7, 11) is 1.46. The molecule has 3 aliphatic heterocycles. The van der Waals surface area contributed by atoms with Gasteiger partial charge in [-0.05, 0) is 185 Å². The molecule has 4 heterocycles. The molecule has 71 heavy (non-hydrogen) atoms. The Balaban J connectivity index is 0.960. The Bertz CT molecular complexity index is 2360. The largest absolute Gasteiger partial charge is 0.504 e. The summed E-state index contributed by atoms with van der Waals surface area (Å²) in [5.41, 5.74) is 5.58. The van der Waals surface area contributed by atoms with Crippen molar-refractivity contribution in [3.8, 4) is 23.0 Å². The van der Waals surface area contributed by atoms with Crippen molar-refractivity contribution < 1.29 is 49.6 Å². The third kappa shape index (κ3) is 9.48. The van der Waals surface area contributed by atoms with Gasteiger partial charge in [-0.25, -0.2) is 0 Å². The zero-order valence-corrected chi connectivity index (χ0v) is 42.3. The van der Waals surface area contributed by atoms with Crippen LogP contribution in [0.5, 0.6) is 23.0 Å². The van der Waals surface area contributed by atoms with Gasteiger partial charge < -0.3 is 59.9 Å². The Morgan fingerprint density at radius 1 is 0.887 bits per heavy atom. The summed E-state index contributed by atoms with van der Waals surface area (Å²) < 4.78 is 25.7. The van der Waals surface area contributed by atoms with Crippen LogP contribution in [0.15, 0.2) is 48.3 Å². The summed E-state index contributed by atoms with van der Waals surface area (Å²) in [4.78, 5) is 3.10. The summed E-state index contributed by atoms with van der Waals surface area (Å²) >= 11 is 0. The molecule has 8 aliphatic rings. The van der Waals surface area contributed by atoms with Crippen molar-refractivity contribution in [1.82, 2.24) is 10.3 Å². The number of piperidine rings is 1. The molecule has 1 aromatic heterocycles. The number of phenols is 2. The molecule has 4 saturated carbocycles. The second-order valence-corrected chi connectivity index (χ2v) is 23.7. The molecule has 0 radical (unpaired) electrons. The Hall–Kier alpha value is -3.62. The van der Waals surface area contributed by atoms with Gasteiger partial charge >= 0.3 is 0 Å². The molecule has 2 aromatic carbocycles.